The van der Waals surface area contributed by atoms with Crippen molar-refractivity contribution in [3.63, 3.8) is 0 Å². The van der Waals surface area contributed by atoms with Crippen LogP contribution in [0.3, 0.4) is 0 Å². The van der Waals surface area contributed by atoms with Crippen molar-refractivity contribution in [3.05, 3.63) is 199 Å². The van der Waals surface area contributed by atoms with E-state index in [4.69, 9.17) is 9.47 Å². The van der Waals surface area contributed by atoms with Gasteiger partial charge in [0.1, 0.15) is 11.4 Å². The summed E-state index contributed by atoms with van der Waals surface area (Å²) in [5.41, 5.74) is 7.61. The summed E-state index contributed by atoms with van der Waals surface area (Å²) in [4.78, 5) is 80.0. The topological polar surface area (TPSA) is 236 Å². The molecule has 2 heterocycles. The Balaban J connectivity index is 0.752. The number of carbonyl (C=O) groups is 4. The van der Waals surface area contributed by atoms with Crippen molar-refractivity contribution in [3.8, 4) is 5.69 Å². The van der Waals surface area contributed by atoms with Gasteiger partial charge in [-0.3, -0.25) is 29.4 Å². The molecule has 18 nitrogen and oxygen atoms in total. The van der Waals surface area contributed by atoms with Gasteiger partial charge in [0.05, 0.1) is 41.4 Å². The molecular weight excluding hydrogens is 1300 g/mol. The number of amides is 2. The average Bonchev–Trinajstić information content (AvgIpc) is 1.66. The number of nitrogens with zero attached hydrogens (tertiary/aromatic N) is 6. The highest BCUT2D eigenvalue weighted by Gasteiger charge is 2.24. The van der Waals surface area contributed by atoms with Crippen molar-refractivity contribution in [1.29, 1.82) is 0 Å². The SMILES string of the molecule is CCCCCCCCCC(CCCCCCCCOC(=O)c1ccccc1N=Nc1c(C)[nH]n(C2=CC=C(C(=O)Nc3ccc(C)cc3)CC2)c1=O)C(CCCCCCCCC)CCCCCCCCOC(=O)c1ccccc1N=Nc1c(C)[nH]n(-c2ccc(C(=O)Nc3ccc(C)cc3)cc2)c1=O. The third kappa shape index (κ3) is 26.1. The Kier molecular flexibility index (Phi) is 34.3. The Morgan fingerprint density at radius 1 is 0.423 bits per heavy atom. The zero-order valence-corrected chi connectivity index (χ0v) is 62.8. The summed E-state index contributed by atoms with van der Waals surface area (Å²) in [6.07, 6.45) is 41.3. The number of nitrogens with one attached hydrogen (secondary N) is 4. The van der Waals surface area contributed by atoms with E-state index < -0.39 is 17.5 Å². The second-order valence-electron chi connectivity index (χ2n) is 28.4. The molecule has 18 heteroatoms. The number of azo groups is 2. The Morgan fingerprint density at radius 3 is 1.23 bits per heavy atom. The summed E-state index contributed by atoms with van der Waals surface area (Å²) < 4.78 is 14.4. The van der Waals surface area contributed by atoms with Crippen LogP contribution in [-0.4, -0.2) is 56.5 Å². The summed E-state index contributed by atoms with van der Waals surface area (Å²) in [5.74, 6) is 0.138. The second kappa shape index (κ2) is 44.4. The summed E-state index contributed by atoms with van der Waals surface area (Å²) in [6.45, 7) is 12.7. The number of rotatable bonds is 47. The van der Waals surface area contributed by atoms with Gasteiger partial charge in [0.25, 0.3) is 22.9 Å². The van der Waals surface area contributed by atoms with Crippen LogP contribution in [0.15, 0.2) is 169 Å². The lowest BCUT2D eigenvalue weighted by Crippen LogP contribution is -2.19. The summed E-state index contributed by atoms with van der Waals surface area (Å²) in [5, 5.41) is 29.4. The maximum atomic E-state index is 13.6. The molecule has 2 aromatic heterocycles. The largest absolute Gasteiger partial charge is 0.462 e. The lowest BCUT2D eigenvalue weighted by atomic mass is 9.78. The van der Waals surface area contributed by atoms with E-state index in [2.05, 4.69) is 55.1 Å². The first kappa shape index (κ1) is 80.4. The first-order valence-corrected chi connectivity index (χ1v) is 39.0. The number of aryl methyl sites for hydroxylation is 4. The van der Waals surface area contributed by atoms with Crippen LogP contribution in [0.25, 0.3) is 11.4 Å². The maximum Gasteiger partial charge on any atom is 0.340 e. The van der Waals surface area contributed by atoms with Gasteiger partial charge in [-0.05, 0) is 144 Å². The molecule has 556 valence electrons. The molecule has 0 saturated carbocycles. The number of hydrogen-bond acceptors (Lipinski definition) is 12. The number of unbranched alkanes of at least 4 members (excludes halogenated alkanes) is 22. The molecule has 0 saturated heterocycles. The van der Waals surface area contributed by atoms with Gasteiger partial charge in [-0.15, -0.1) is 20.5 Å². The van der Waals surface area contributed by atoms with E-state index in [0.29, 0.717) is 82.6 Å². The molecule has 8 rings (SSSR count). The molecule has 0 bridgehead atoms. The number of H-pyrrole nitrogens is 2. The molecular formula is C86H114N10O8. The molecule has 2 unspecified atom stereocenters. The smallest absolute Gasteiger partial charge is 0.340 e. The number of esters is 2. The van der Waals surface area contributed by atoms with Gasteiger partial charge in [0.15, 0.2) is 11.4 Å². The molecule has 0 aliphatic heterocycles. The molecule has 2 amide bonds. The fraction of sp³-hybridized carbons (Fsp3) is 0.488. The summed E-state index contributed by atoms with van der Waals surface area (Å²) in [7, 11) is 0. The Bertz CT molecular complexity index is 4060. The van der Waals surface area contributed by atoms with E-state index in [1.165, 1.54) is 163 Å². The normalized spacial score (nSPS) is 12.9. The minimum atomic E-state index is -0.475. The van der Waals surface area contributed by atoms with E-state index in [1.54, 1.807) is 98.8 Å². The Hall–Kier alpha value is -9.32. The first-order chi connectivity index (χ1) is 50.7. The summed E-state index contributed by atoms with van der Waals surface area (Å²) in [6, 6.07) is 35.7. The van der Waals surface area contributed by atoms with Crippen molar-refractivity contribution in [2.45, 2.75) is 247 Å². The van der Waals surface area contributed by atoms with Crippen molar-refractivity contribution >= 4 is 63.6 Å². The van der Waals surface area contributed by atoms with Gasteiger partial charge in [-0.25, -0.2) is 19.0 Å². The summed E-state index contributed by atoms with van der Waals surface area (Å²) >= 11 is 0. The molecule has 0 radical (unpaired) electrons. The maximum absolute atomic E-state index is 13.6. The van der Waals surface area contributed by atoms with E-state index in [-0.39, 0.29) is 34.3 Å². The molecule has 0 fully saturated rings. The number of carbonyl (C=O) groups excluding carboxylic acids is 4. The molecule has 7 aromatic rings. The van der Waals surface area contributed by atoms with Crippen molar-refractivity contribution in [2.24, 2.45) is 32.3 Å². The van der Waals surface area contributed by atoms with Crippen LogP contribution in [-0.2, 0) is 14.3 Å². The number of anilines is 2. The van der Waals surface area contributed by atoms with Gasteiger partial charge >= 0.3 is 11.9 Å². The van der Waals surface area contributed by atoms with E-state index in [9.17, 15) is 28.8 Å². The van der Waals surface area contributed by atoms with Crippen LogP contribution in [0.4, 0.5) is 34.1 Å². The molecule has 104 heavy (non-hydrogen) atoms. The fourth-order valence-electron chi connectivity index (χ4n) is 13.7. The van der Waals surface area contributed by atoms with Gasteiger partial charge in [-0.2, -0.15) is 0 Å². The minimum absolute atomic E-state index is 0.105. The number of hydrogen-bond donors (Lipinski definition) is 4. The zero-order valence-electron chi connectivity index (χ0n) is 62.8. The van der Waals surface area contributed by atoms with Crippen LogP contribution < -0.4 is 21.8 Å². The van der Waals surface area contributed by atoms with E-state index >= 15 is 0 Å². The molecule has 1 aliphatic carbocycles. The molecule has 5 aromatic carbocycles. The second-order valence-corrected chi connectivity index (χ2v) is 28.4. The monoisotopic (exact) mass is 1410 g/mol. The standard InChI is InChI=1S/C86H114N10O8/c1-7-9-11-13-15-21-27-37-67(39-29-23-17-19-25-35-61-103-85(101)75-41-31-33-43-77(75)89-91-79-65(5)93-95(83(79)99)73-57-49-69(50-58-73)81(97)87-71-53-45-63(3)46-54-71)68(38-28-22-16-14-12-10-8-2)40-30-24-18-20-26-36-62-104-86(102)76-42-32-34-44-78(76)90-92-80-66(6)94-96(84(80)100)74-59-51-70(52-60-74)82(98)88-72-55-47-64(4)48-56-72/h31-34,41-51,53-59,67-68,93-94H,7-30,35-40,52,60-62H2,1-6H3,(H,87,97)(H,88,98). The lowest BCUT2D eigenvalue weighted by Gasteiger charge is -2.28. The number of allylic oxidation sites excluding steroid dienone is 3. The van der Waals surface area contributed by atoms with Crippen LogP contribution in [0.2, 0.25) is 0 Å². The molecule has 1 aliphatic rings. The Morgan fingerprint density at radius 2 is 0.808 bits per heavy atom. The van der Waals surface area contributed by atoms with Crippen LogP contribution in [0.1, 0.15) is 273 Å². The highest BCUT2D eigenvalue weighted by Crippen LogP contribution is 2.35. The molecule has 2 atom stereocenters. The number of ether oxygens (including phenoxy) is 2. The zero-order chi connectivity index (χ0) is 73.7. The lowest BCUT2D eigenvalue weighted by molar-refractivity contribution is -0.113. The van der Waals surface area contributed by atoms with Crippen molar-refractivity contribution in [1.82, 2.24) is 19.6 Å². The van der Waals surface area contributed by atoms with Gasteiger partial charge in [0, 0.05) is 28.2 Å². The molecule has 4 N–H and O–H groups in total. The number of aromatic amines is 2. The predicted octanol–water partition coefficient (Wildman–Crippen LogP) is 23.2. The van der Waals surface area contributed by atoms with Crippen molar-refractivity contribution in [2.75, 3.05) is 23.8 Å². The van der Waals surface area contributed by atoms with Crippen LogP contribution >= 0.6 is 0 Å². The van der Waals surface area contributed by atoms with Crippen LogP contribution in [0.5, 0.6) is 0 Å². The third-order valence-corrected chi connectivity index (χ3v) is 20.0. The van der Waals surface area contributed by atoms with Gasteiger partial charge in [0.2, 0.25) is 0 Å². The third-order valence-electron chi connectivity index (χ3n) is 20.0. The molecule has 0 spiro atoms. The van der Waals surface area contributed by atoms with E-state index in [1.807, 2.05) is 62.4 Å². The highest BCUT2D eigenvalue weighted by molar-refractivity contribution is 6.05. The number of aromatic nitrogens is 4. The minimum Gasteiger partial charge on any atom is -0.462 e. The average molecular weight is 1420 g/mol. The predicted molar refractivity (Wildman–Crippen MR) is 420 cm³/mol. The van der Waals surface area contributed by atoms with Gasteiger partial charge < -0.3 is 20.1 Å². The van der Waals surface area contributed by atoms with Gasteiger partial charge in [-0.1, -0.05) is 259 Å². The quantitative estimate of drug-likeness (QED) is 0.0162. The Labute approximate surface area is 616 Å². The van der Waals surface area contributed by atoms with E-state index in [0.717, 1.165) is 67.2 Å². The van der Waals surface area contributed by atoms with Crippen molar-refractivity contribution < 1.29 is 28.7 Å². The highest BCUT2D eigenvalue weighted by atomic mass is 16.5. The first-order valence-electron chi connectivity index (χ1n) is 39.0. The fourth-order valence-corrected chi connectivity index (χ4v) is 13.7. The van der Waals surface area contributed by atoms with Crippen LogP contribution in [0, 0.1) is 39.5 Å². The number of benzene rings is 5.